The summed E-state index contributed by atoms with van der Waals surface area (Å²) < 4.78 is 0. The molecule has 1 heterocycles. The predicted molar refractivity (Wildman–Crippen MR) is 84.6 cm³/mol. The average Bonchev–Trinajstić information content (AvgIpc) is 3.28. The molecule has 1 amide bonds. The van der Waals surface area contributed by atoms with Crippen LogP contribution in [0.2, 0.25) is 0 Å². The molecule has 3 heteroatoms. The summed E-state index contributed by atoms with van der Waals surface area (Å²) in [6.07, 6.45) is 7.32. The molecular weight excluding hydrogens is 260 g/mol. The third-order valence-electron chi connectivity index (χ3n) is 5.05. The van der Waals surface area contributed by atoms with Crippen molar-refractivity contribution in [1.82, 2.24) is 10.3 Å². The Labute approximate surface area is 125 Å². The minimum absolute atomic E-state index is 0.0714. The number of hydrogen-bond donors (Lipinski definition) is 2. The molecule has 2 aromatic rings. The first kappa shape index (κ1) is 12.9. The molecule has 110 valence electrons. The van der Waals surface area contributed by atoms with Crippen LogP contribution in [0.1, 0.15) is 54.2 Å². The van der Waals surface area contributed by atoms with Crippen LogP contribution < -0.4 is 5.32 Å². The number of benzene rings is 1. The number of aromatic nitrogens is 1. The van der Waals surface area contributed by atoms with Crippen molar-refractivity contribution in [3.05, 3.63) is 35.0 Å². The van der Waals surface area contributed by atoms with E-state index < -0.39 is 0 Å². The van der Waals surface area contributed by atoms with E-state index in [-0.39, 0.29) is 5.91 Å². The van der Waals surface area contributed by atoms with Gasteiger partial charge in [0.2, 0.25) is 0 Å². The SMILES string of the molecule is CC(NC(=O)c1ccc2[nH]c3c(c2c1)CCCC3)C1CC1. The topological polar surface area (TPSA) is 44.9 Å². The number of hydrogen-bond acceptors (Lipinski definition) is 1. The number of carbonyl (C=O) groups is 1. The van der Waals surface area contributed by atoms with E-state index in [1.165, 1.54) is 47.8 Å². The van der Waals surface area contributed by atoms with E-state index in [2.05, 4.69) is 29.4 Å². The van der Waals surface area contributed by atoms with Gasteiger partial charge in [0.25, 0.3) is 5.91 Å². The molecule has 1 saturated carbocycles. The third kappa shape index (κ3) is 2.35. The Morgan fingerprint density at radius 3 is 2.90 bits per heavy atom. The Kier molecular flexibility index (Phi) is 3.02. The lowest BCUT2D eigenvalue weighted by Gasteiger charge is -2.13. The summed E-state index contributed by atoms with van der Waals surface area (Å²) in [4.78, 5) is 15.9. The van der Waals surface area contributed by atoms with Gasteiger partial charge in [0.1, 0.15) is 0 Å². The average molecular weight is 282 g/mol. The van der Waals surface area contributed by atoms with E-state index in [9.17, 15) is 4.79 Å². The fraction of sp³-hybridized carbons (Fsp3) is 0.500. The van der Waals surface area contributed by atoms with Crippen LogP contribution in [-0.4, -0.2) is 16.9 Å². The van der Waals surface area contributed by atoms with Crippen LogP contribution in [0.4, 0.5) is 0 Å². The van der Waals surface area contributed by atoms with Crippen LogP contribution >= 0.6 is 0 Å². The van der Waals surface area contributed by atoms with Crippen molar-refractivity contribution in [2.75, 3.05) is 0 Å². The Hall–Kier alpha value is -1.77. The molecule has 0 saturated heterocycles. The maximum atomic E-state index is 12.4. The Balaban J connectivity index is 1.64. The zero-order chi connectivity index (χ0) is 14.4. The standard InChI is InChI=1S/C18H22N2O/c1-11(12-6-7-12)19-18(21)13-8-9-17-15(10-13)14-4-2-3-5-16(14)20-17/h8-12,20H,2-7H2,1H3,(H,19,21). The Bertz CT molecular complexity index is 697. The molecule has 2 aliphatic rings. The molecule has 2 aliphatic carbocycles. The molecule has 1 unspecified atom stereocenters. The van der Waals surface area contributed by atoms with E-state index in [4.69, 9.17) is 0 Å². The number of aromatic amines is 1. The van der Waals surface area contributed by atoms with E-state index in [0.29, 0.717) is 12.0 Å². The number of amides is 1. The van der Waals surface area contributed by atoms with Crippen molar-refractivity contribution in [3.63, 3.8) is 0 Å². The van der Waals surface area contributed by atoms with Gasteiger partial charge in [-0.1, -0.05) is 0 Å². The van der Waals surface area contributed by atoms with Gasteiger partial charge in [0.05, 0.1) is 0 Å². The summed E-state index contributed by atoms with van der Waals surface area (Å²) in [5.74, 6) is 0.764. The highest BCUT2D eigenvalue weighted by Crippen LogP contribution is 2.33. The van der Waals surface area contributed by atoms with Crippen LogP contribution in [0, 0.1) is 5.92 Å². The van der Waals surface area contributed by atoms with Gasteiger partial charge in [-0.05, 0) is 75.1 Å². The summed E-state index contributed by atoms with van der Waals surface area (Å²) in [6.45, 7) is 2.12. The first-order chi connectivity index (χ1) is 10.2. The molecule has 2 N–H and O–H groups in total. The van der Waals surface area contributed by atoms with Gasteiger partial charge in [-0.15, -0.1) is 0 Å². The maximum Gasteiger partial charge on any atom is 0.251 e. The predicted octanol–water partition coefficient (Wildman–Crippen LogP) is 3.58. The van der Waals surface area contributed by atoms with Crippen molar-refractivity contribution in [2.45, 2.75) is 51.5 Å². The molecule has 1 aromatic heterocycles. The normalized spacial score (nSPS) is 19.3. The minimum Gasteiger partial charge on any atom is -0.358 e. The second-order valence-corrected chi connectivity index (χ2v) is 6.65. The number of aryl methyl sites for hydroxylation is 2. The summed E-state index contributed by atoms with van der Waals surface area (Å²) in [6, 6.07) is 6.38. The lowest BCUT2D eigenvalue weighted by molar-refractivity contribution is 0.0936. The van der Waals surface area contributed by atoms with Gasteiger partial charge >= 0.3 is 0 Å². The van der Waals surface area contributed by atoms with Crippen LogP contribution in [0.25, 0.3) is 10.9 Å². The maximum absolute atomic E-state index is 12.4. The monoisotopic (exact) mass is 282 g/mol. The second-order valence-electron chi connectivity index (χ2n) is 6.65. The first-order valence-corrected chi connectivity index (χ1v) is 8.17. The summed E-state index contributed by atoms with van der Waals surface area (Å²) in [7, 11) is 0. The van der Waals surface area contributed by atoms with Crippen molar-refractivity contribution in [3.8, 4) is 0 Å². The molecule has 4 rings (SSSR count). The smallest absolute Gasteiger partial charge is 0.251 e. The highest BCUT2D eigenvalue weighted by atomic mass is 16.1. The van der Waals surface area contributed by atoms with Gasteiger partial charge < -0.3 is 10.3 Å². The summed E-state index contributed by atoms with van der Waals surface area (Å²) >= 11 is 0. The second kappa shape index (κ2) is 4.90. The molecule has 0 radical (unpaired) electrons. The van der Waals surface area contributed by atoms with Crippen LogP contribution in [0.3, 0.4) is 0 Å². The van der Waals surface area contributed by atoms with Gasteiger partial charge in [-0.25, -0.2) is 0 Å². The van der Waals surface area contributed by atoms with Crippen LogP contribution in [0.5, 0.6) is 0 Å². The number of nitrogens with one attached hydrogen (secondary N) is 2. The Morgan fingerprint density at radius 2 is 2.10 bits per heavy atom. The fourth-order valence-electron chi connectivity index (χ4n) is 3.55. The number of H-pyrrole nitrogens is 1. The molecule has 1 atom stereocenters. The van der Waals surface area contributed by atoms with Crippen molar-refractivity contribution >= 4 is 16.8 Å². The largest absolute Gasteiger partial charge is 0.358 e. The molecular formula is C18H22N2O. The zero-order valence-corrected chi connectivity index (χ0v) is 12.5. The molecule has 1 fully saturated rings. The number of carbonyl (C=O) groups excluding carboxylic acids is 1. The summed E-state index contributed by atoms with van der Waals surface area (Å²) in [5.41, 5.74) is 4.78. The third-order valence-corrected chi connectivity index (χ3v) is 5.05. The zero-order valence-electron chi connectivity index (χ0n) is 12.5. The van der Waals surface area contributed by atoms with E-state index in [1.807, 2.05) is 6.07 Å². The minimum atomic E-state index is 0.0714. The highest BCUT2D eigenvalue weighted by molar-refractivity contribution is 5.99. The lowest BCUT2D eigenvalue weighted by Crippen LogP contribution is -2.33. The van der Waals surface area contributed by atoms with Gasteiger partial charge in [0, 0.05) is 28.2 Å². The van der Waals surface area contributed by atoms with Crippen LogP contribution in [-0.2, 0) is 12.8 Å². The fourth-order valence-corrected chi connectivity index (χ4v) is 3.55. The molecule has 1 aromatic carbocycles. The lowest BCUT2D eigenvalue weighted by atomic mass is 9.95. The quantitative estimate of drug-likeness (QED) is 0.888. The van der Waals surface area contributed by atoms with Gasteiger partial charge in [0.15, 0.2) is 0 Å². The molecule has 21 heavy (non-hydrogen) atoms. The molecule has 0 bridgehead atoms. The van der Waals surface area contributed by atoms with E-state index in [1.54, 1.807) is 0 Å². The van der Waals surface area contributed by atoms with E-state index >= 15 is 0 Å². The Morgan fingerprint density at radius 1 is 1.29 bits per heavy atom. The first-order valence-electron chi connectivity index (χ1n) is 8.17. The molecule has 3 nitrogen and oxygen atoms in total. The number of fused-ring (bicyclic) bond motifs is 3. The van der Waals surface area contributed by atoms with Crippen molar-refractivity contribution in [1.29, 1.82) is 0 Å². The van der Waals surface area contributed by atoms with Crippen molar-refractivity contribution in [2.24, 2.45) is 5.92 Å². The highest BCUT2D eigenvalue weighted by Gasteiger charge is 2.29. The van der Waals surface area contributed by atoms with Gasteiger partial charge in [-0.2, -0.15) is 0 Å². The molecule has 0 spiro atoms. The van der Waals surface area contributed by atoms with Crippen molar-refractivity contribution < 1.29 is 4.79 Å². The van der Waals surface area contributed by atoms with E-state index in [0.717, 1.165) is 18.4 Å². The van der Waals surface area contributed by atoms with Crippen LogP contribution in [0.15, 0.2) is 18.2 Å². The van der Waals surface area contributed by atoms with Gasteiger partial charge in [-0.3, -0.25) is 4.79 Å². The summed E-state index contributed by atoms with van der Waals surface area (Å²) in [5, 5.41) is 4.39. The molecule has 0 aliphatic heterocycles. The number of rotatable bonds is 3.